The van der Waals surface area contributed by atoms with Gasteiger partial charge >= 0.3 is 0 Å². The summed E-state index contributed by atoms with van der Waals surface area (Å²) in [5.74, 6) is -0.354. The number of ether oxygens (including phenoxy) is 18. The Bertz CT molecular complexity index is 2240. The second kappa shape index (κ2) is 26.6. The van der Waals surface area contributed by atoms with Crippen molar-refractivity contribution >= 4 is 5.78 Å². The summed E-state index contributed by atoms with van der Waals surface area (Å²) < 4.78 is 115. The maximum atomic E-state index is 13.5. The van der Waals surface area contributed by atoms with E-state index in [9.17, 15) is 35.4 Å². The molecule has 8 aliphatic heterocycles. The van der Waals surface area contributed by atoms with E-state index in [2.05, 4.69) is 13.8 Å². The molecule has 35 atom stereocenters. The van der Waals surface area contributed by atoms with Gasteiger partial charge in [0.2, 0.25) is 0 Å². The number of fused-ring (bicyclic) bond motifs is 5. The quantitative estimate of drug-likeness (QED) is 0.114. The molecule has 3 saturated carbocycles. The minimum Gasteiger partial charge on any atom is -0.394 e. The van der Waals surface area contributed by atoms with Crippen LogP contribution in [-0.2, 0) is 90.1 Å². The minimum absolute atomic E-state index is 0.000245. The molecule has 0 aromatic rings. The van der Waals surface area contributed by atoms with E-state index in [4.69, 9.17) is 85.3 Å². The van der Waals surface area contributed by atoms with Crippen LogP contribution in [0.4, 0.5) is 0 Å². The van der Waals surface area contributed by atoms with Crippen molar-refractivity contribution in [1.29, 1.82) is 0 Å². The van der Waals surface area contributed by atoms with Crippen molar-refractivity contribution in [2.45, 2.75) is 316 Å². The average Bonchev–Trinajstić information content (AvgIpc) is 1.52. The molecule has 2 bridgehead atoms. The number of methoxy groups -OCH3 is 4. The van der Waals surface area contributed by atoms with Crippen LogP contribution in [0.2, 0.25) is 0 Å². The summed E-state index contributed by atoms with van der Waals surface area (Å²) in [7, 11) is 6.42. The number of aliphatic hydroxyl groups excluding tert-OH is 6. The minimum atomic E-state index is -1.61. The number of Topliss-reactive ketones (excluding diaryl/α,β-unsaturated/α-hetero) is 1. The average molecular weight is 1230 g/mol. The molecule has 3 aliphatic carbocycles. The molecule has 0 radical (unpaired) electrons. The number of rotatable bonds is 17. The van der Waals surface area contributed by atoms with E-state index in [1.807, 2.05) is 27.7 Å². The highest BCUT2D eigenvalue weighted by Crippen LogP contribution is 2.67. The number of aliphatic hydroxyl groups is 6. The maximum Gasteiger partial charge on any atom is 0.187 e. The van der Waals surface area contributed by atoms with Gasteiger partial charge in [-0.05, 0) is 98.3 Å². The molecule has 11 fully saturated rings. The van der Waals surface area contributed by atoms with Crippen molar-refractivity contribution in [3.05, 3.63) is 0 Å². The highest BCUT2D eigenvalue weighted by molar-refractivity contribution is 5.91. The van der Waals surface area contributed by atoms with E-state index in [1.165, 1.54) is 7.11 Å². The van der Waals surface area contributed by atoms with E-state index < -0.39 is 165 Å². The van der Waals surface area contributed by atoms with Crippen LogP contribution < -0.4 is 0 Å². The smallest absolute Gasteiger partial charge is 0.187 e. The lowest BCUT2D eigenvalue weighted by Crippen LogP contribution is -2.62. The lowest BCUT2D eigenvalue weighted by molar-refractivity contribution is -0.359. The van der Waals surface area contributed by atoms with E-state index in [0.29, 0.717) is 31.6 Å². The number of hydrogen-bond donors (Lipinski definition) is 6. The molecule has 8 saturated heterocycles. The van der Waals surface area contributed by atoms with Gasteiger partial charge in [-0.15, -0.1) is 0 Å². The Morgan fingerprint density at radius 1 is 0.488 bits per heavy atom. The number of carbonyl (C=O) groups is 1. The number of hydrogen-bond acceptors (Lipinski definition) is 25. The number of ketones is 1. The van der Waals surface area contributed by atoms with Gasteiger partial charge < -0.3 is 116 Å². The van der Waals surface area contributed by atoms with Crippen LogP contribution in [0.5, 0.6) is 0 Å². The molecule has 25 nitrogen and oxygen atoms in total. The molecule has 11 rings (SSSR count). The predicted molar refractivity (Wildman–Crippen MR) is 295 cm³/mol. The fourth-order valence-electron chi connectivity index (χ4n) is 17.3. The van der Waals surface area contributed by atoms with Gasteiger partial charge in [-0.3, -0.25) is 4.79 Å². The lowest BCUT2D eigenvalue weighted by atomic mass is 9.52. The third kappa shape index (κ3) is 12.4. The Morgan fingerprint density at radius 2 is 0.953 bits per heavy atom. The van der Waals surface area contributed by atoms with Gasteiger partial charge in [-0.25, -0.2) is 0 Å². The van der Waals surface area contributed by atoms with E-state index in [-0.39, 0.29) is 66.4 Å². The second-order valence-electron chi connectivity index (χ2n) is 27.2. The summed E-state index contributed by atoms with van der Waals surface area (Å²) in [5, 5.41) is 63.0. The molecule has 494 valence electrons. The lowest BCUT2D eigenvalue weighted by Gasteiger charge is -2.57. The summed E-state index contributed by atoms with van der Waals surface area (Å²) in [4.78, 5) is 13.5. The molecule has 0 amide bonds. The van der Waals surface area contributed by atoms with Gasteiger partial charge in [0.05, 0.1) is 91.4 Å². The highest BCUT2D eigenvalue weighted by Gasteiger charge is 2.71. The molecule has 1 spiro atoms. The van der Waals surface area contributed by atoms with Crippen LogP contribution in [0.3, 0.4) is 0 Å². The maximum absolute atomic E-state index is 13.5. The van der Waals surface area contributed by atoms with Gasteiger partial charge in [-0.2, -0.15) is 0 Å². The number of carbonyl (C=O) groups excluding carboxylic acids is 1. The molecule has 8 heterocycles. The van der Waals surface area contributed by atoms with E-state index >= 15 is 0 Å². The Hall–Kier alpha value is -1.29. The molecule has 6 N–H and O–H groups in total. The Kier molecular flexibility index (Phi) is 20.5. The van der Waals surface area contributed by atoms with Crippen molar-refractivity contribution in [2.75, 3.05) is 35.0 Å². The third-order valence-electron chi connectivity index (χ3n) is 22.2. The standard InChI is InChI=1S/C61H100O25/c1-26-34-18-36(64)57(68)60(34,8)43-24-42-59(7)15-14-33(17-32(59)13-16-61(42,85-26)86-43)78-45-20-37(69-9)54(28(3)74-45)82-48-22-39(71-11)55(30(5)76-48)83-47-21-38(70-10)53(29(4)75-47)81-44-19-35(63)52(27(2)73-44)80-46-23-40(72-12)56(31(6)77-46)84-58-51(67)50(66)49(65)41(25-62)79-58/h26-56,58,62-67H,13-25H2,1-12H3/t26?,27-,28-,29-,30-,31-,32?,33+,34-,35+,36-,37-,38-,39+,40-,41-,42-,43?,44+,45+,46+,47+,48+,49-,50+,51-,52-,53-,54-,55-,56-,58+,59+,60+,61+/m1/s1. The summed E-state index contributed by atoms with van der Waals surface area (Å²) in [6.07, 6.45) is -14.0. The second-order valence-corrected chi connectivity index (χ2v) is 27.2. The first-order chi connectivity index (χ1) is 40.9. The van der Waals surface area contributed by atoms with E-state index in [0.717, 1.165) is 38.5 Å². The van der Waals surface area contributed by atoms with Crippen LogP contribution in [0.1, 0.15) is 132 Å². The third-order valence-corrected chi connectivity index (χ3v) is 22.2. The van der Waals surface area contributed by atoms with Gasteiger partial charge in [0.25, 0.3) is 0 Å². The highest BCUT2D eigenvalue weighted by atomic mass is 16.8. The van der Waals surface area contributed by atoms with Gasteiger partial charge in [0, 0.05) is 78.8 Å². The zero-order valence-electron chi connectivity index (χ0n) is 52.1. The summed E-state index contributed by atoms with van der Waals surface area (Å²) in [5.41, 5.74) is -0.815. The van der Waals surface area contributed by atoms with E-state index in [1.54, 1.807) is 35.2 Å². The van der Waals surface area contributed by atoms with Gasteiger partial charge in [-0.1, -0.05) is 6.92 Å². The SMILES string of the molecule is CO[C@H]1C[C@H](O[C@@H]2[C@@H](C)O[C@@H](O[C@H]3CC[C@@]4(C)C(CC[C@@]56OC(C)[C@H]7C[C@@H](O)C(=O)[C@]7(C)C(C[C@@H]54)O6)C3)C[C@H]2OC)O[C@H](C)[C@H]1O[C@H]1C[C@@H](OC)[C@H](O[C@H]2C[C@H](O)[C@H](O[C@H]3C[C@@H](OC)[C@H](O[C@@H]4O[C@H](CO)[C@@H](O)[C@H](O)[C@H]4O)[C@@H](C)O3)[C@@H](C)O2)[C@@H](C)O1. The van der Waals surface area contributed by atoms with Crippen molar-refractivity contribution < 1.29 is 121 Å². The molecule has 3 unspecified atom stereocenters. The Morgan fingerprint density at radius 3 is 1.44 bits per heavy atom. The Balaban J connectivity index is 0.627. The predicted octanol–water partition coefficient (Wildman–Crippen LogP) is 2.27. The van der Waals surface area contributed by atoms with Crippen LogP contribution in [0.25, 0.3) is 0 Å². The summed E-state index contributed by atoms with van der Waals surface area (Å²) in [6.45, 7) is 15.1. The topological polar surface area (TPSA) is 305 Å². The molecular formula is C61H100O25. The summed E-state index contributed by atoms with van der Waals surface area (Å²) >= 11 is 0. The molecular weight excluding hydrogens is 1130 g/mol. The van der Waals surface area contributed by atoms with Crippen LogP contribution in [-0.4, -0.2) is 255 Å². The Labute approximate surface area is 505 Å². The van der Waals surface area contributed by atoms with Crippen molar-refractivity contribution in [3.8, 4) is 0 Å². The molecule has 0 aromatic heterocycles. The first-order valence-corrected chi connectivity index (χ1v) is 31.8. The molecule has 11 aliphatic rings. The van der Waals surface area contributed by atoms with Crippen LogP contribution in [0.15, 0.2) is 0 Å². The first kappa shape index (κ1) is 66.2. The fourth-order valence-corrected chi connectivity index (χ4v) is 17.3. The summed E-state index contributed by atoms with van der Waals surface area (Å²) in [6, 6.07) is 0. The fraction of sp³-hybridized carbons (Fsp3) is 0.984. The van der Waals surface area contributed by atoms with Crippen LogP contribution in [0, 0.1) is 28.6 Å². The molecule has 0 aromatic carbocycles. The zero-order valence-corrected chi connectivity index (χ0v) is 52.1. The first-order valence-electron chi connectivity index (χ1n) is 31.8. The largest absolute Gasteiger partial charge is 0.394 e. The van der Waals surface area contributed by atoms with Gasteiger partial charge in [0.1, 0.15) is 61.0 Å². The van der Waals surface area contributed by atoms with Crippen molar-refractivity contribution in [3.63, 3.8) is 0 Å². The molecule has 86 heavy (non-hydrogen) atoms. The normalized spacial score (nSPS) is 55.1. The monoisotopic (exact) mass is 1230 g/mol. The van der Waals surface area contributed by atoms with Crippen molar-refractivity contribution in [1.82, 2.24) is 0 Å². The molecule has 25 heteroatoms. The zero-order chi connectivity index (χ0) is 61.5. The van der Waals surface area contributed by atoms with Crippen LogP contribution >= 0.6 is 0 Å². The van der Waals surface area contributed by atoms with Crippen molar-refractivity contribution in [2.24, 2.45) is 28.6 Å². The van der Waals surface area contributed by atoms with Gasteiger partial charge in [0.15, 0.2) is 49.3 Å².